The van der Waals surface area contributed by atoms with E-state index in [1.165, 1.54) is 17.3 Å². The van der Waals surface area contributed by atoms with Gasteiger partial charge >= 0.3 is 0 Å². The van der Waals surface area contributed by atoms with E-state index in [1.54, 1.807) is 4.90 Å². The van der Waals surface area contributed by atoms with Crippen molar-refractivity contribution in [2.75, 3.05) is 6.54 Å². The number of hydrogen-bond acceptors (Lipinski definition) is 3. The fourth-order valence-electron chi connectivity index (χ4n) is 2.60. The number of carbonyl (C=O) groups is 1. The number of amides is 1. The van der Waals surface area contributed by atoms with Gasteiger partial charge in [0.2, 0.25) is 0 Å². The van der Waals surface area contributed by atoms with Crippen molar-refractivity contribution >= 4 is 40.3 Å². The zero-order valence-corrected chi connectivity index (χ0v) is 15.4. The predicted molar refractivity (Wildman–Crippen MR) is 110 cm³/mol. The summed E-state index contributed by atoms with van der Waals surface area (Å²) in [5.41, 5.74) is 2.39. The van der Waals surface area contributed by atoms with Crippen LogP contribution in [0.15, 0.2) is 77.7 Å². The van der Waals surface area contributed by atoms with Crippen molar-refractivity contribution in [1.82, 2.24) is 4.90 Å². The molecule has 126 valence electrons. The quantitative estimate of drug-likeness (QED) is 0.526. The summed E-state index contributed by atoms with van der Waals surface area (Å²) in [5.74, 6) is 0.0146. The molecule has 1 heterocycles. The van der Waals surface area contributed by atoms with Crippen molar-refractivity contribution in [2.24, 2.45) is 0 Å². The molecule has 0 radical (unpaired) electrons. The van der Waals surface area contributed by atoms with Crippen LogP contribution in [0.5, 0.6) is 0 Å². The molecule has 0 spiro atoms. The summed E-state index contributed by atoms with van der Waals surface area (Å²) in [6, 6.07) is 20.3. The molecule has 0 atom stereocenters. The summed E-state index contributed by atoms with van der Waals surface area (Å²) < 4.78 is 0.650. The monoisotopic (exact) mass is 365 g/mol. The molecule has 0 bridgehead atoms. The molecule has 1 aliphatic heterocycles. The Kier molecular flexibility index (Phi) is 6.20. The van der Waals surface area contributed by atoms with Crippen LogP contribution in [-0.4, -0.2) is 21.7 Å². The summed E-state index contributed by atoms with van der Waals surface area (Å²) in [7, 11) is 0. The molecule has 4 heteroatoms. The molecule has 0 saturated carbocycles. The molecule has 2 nitrogen and oxygen atoms in total. The van der Waals surface area contributed by atoms with Crippen LogP contribution in [-0.2, 0) is 11.2 Å². The molecule has 1 aliphatic rings. The van der Waals surface area contributed by atoms with E-state index < -0.39 is 0 Å². The smallest absolute Gasteiger partial charge is 0.266 e. The first-order valence-electron chi connectivity index (χ1n) is 8.25. The second-order valence-corrected chi connectivity index (χ2v) is 7.39. The van der Waals surface area contributed by atoms with Crippen molar-refractivity contribution in [3.8, 4) is 0 Å². The maximum atomic E-state index is 12.5. The largest absolute Gasteiger partial charge is 0.293 e. The Bertz CT molecular complexity index is 797. The van der Waals surface area contributed by atoms with Crippen molar-refractivity contribution in [1.29, 1.82) is 0 Å². The van der Waals surface area contributed by atoms with Gasteiger partial charge in [-0.25, -0.2) is 0 Å². The van der Waals surface area contributed by atoms with Crippen molar-refractivity contribution < 1.29 is 4.79 Å². The zero-order chi connectivity index (χ0) is 17.5. The normalized spacial score (nSPS) is 16.3. The number of thioether (sulfide) groups is 1. The van der Waals surface area contributed by atoms with Gasteiger partial charge in [-0.05, 0) is 30.0 Å². The number of allylic oxidation sites excluding steroid dienone is 2. The van der Waals surface area contributed by atoms with E-state index in [0.717, 1.165) is 18.4 Å². The van der Waals surface area contributed by atoms with Gasteiger partial charge in [0.05, 0.1) is 4.91 Å². The Morgan fingerprint density at radius 1 is 1.00 bits per heavy atom. The van der Waals surface area contributed by atoms with Gasteiger partial charge in [-0.2, -0.15) is 0 Å². The van der Waals surface area contributed by atoms with E-state index in [0.29, 0.717) is 15.8 Å². The summed E-state index contributed by atoms with van der Waals surface area (Å²) in [6.07, 6.45) is 7.60. The second-order valence-electron chi connectivity index (χ2n) is 5.71. The lowest BCUT2D eigenvalue weighted by atomic mass is 10.1. The van der Waals surface area contributed by atoms with Crippen LogP contribution in [0.2, 0.25) is 0 Å². The lowest BCUT2D eigenvalue weighted by Crippen LogP contribution is -2.29. The molecule has 2 aromatic carbocycles. The van der Waals surface area contributed by atoms with E-state index in [9.17, 15) is 4.79 Å². The predicted octanol–water partition coefficient (Wildman–Crippen LogP) is 5.08. The third-order valence-electron chi connectivity index (χ3n) is 3.90. The van der Waals surface area contributed by atoms with E-state index in [2.05, 4.69) is 12.1 Å². The maximum absolute atomic E-state index is 12.5. The first kappa shape index (κ1) is 17.6. The van der Waals surface area contributed by atoms with Gasteiger partial charge in [-0.15, -0.1) is 0 Å². The van der Waals surface area contributed by atoms with E-state index in [1.807, 2.05) is 66.8 Å². The highest BCUT2D eigenvalue weighted by atomic mass is 32.2. The highest BCUT2D eigenvalue weighted by molar-refractivity contribution is 8.26. The molecule has 0 N–H and O–H groups in total. The van der Waals surface area contributed by atoms with Gasteiger partial charge in [-0.3, -0.25) is 9.69 Å². The van der Waals surface area contributed by atoms with Crippen LogP contribution in [0.1, 0.15) is 17.5 Å². The maximum Gasteiger partial charge on any atom is 0.266 e. The number of thiocarbonyl (C=S) groups is 1. The summed E-state index contributed by atoms with van der Waals surface area (Å²) in [5, 5.41) is 0. The molecule has 0 unspecified atom stereocenters. The molecular weight excluding hydrogens is 346 g/mol. The number of aryl methyl sites for hydroxylation is 1. The minimum absolute atomic E-state index is 0.0146. The van der Waals surface area contributed by atoms with E-state index in [-0.39, 0.29) is 5.91 Å². The van der Waals surface area contributed by atoms with Crippen LogP contribution >= 0.6 is 24.0 Å². The van der Waals surface area contributed by atoms with E-state index in [4.69, 9.17) is 12.2 Å². The van der Waals surface area contributed by atoms with Gasteiger partial charge in [0.1, 0.15) is 4.32 Å². The number of benzene rings is 2. The average Bonchev–Trinajstić information content (AvgIpc) is 2.91. The van der Waals surface area contributed by atoms with Crippen molar-refractivity contribution in [2.45, 2.75) is 12.8 Å². The Morgan fingerprint density at radius 3 is 2.40 bits per heavy atom. The molecule has 25 heavy (non-hydrogen) atoms. The Morgan fingerprint density at radius 2 is 1.68 bits per heavy atom. The van der Waals surface area contributed by atoms with Gasteiger partial charge in [0, 0.05) is 6.54 Å². The van der Waals surface area contributed by atoms with Gasteiger partial charge in [-0.1, -0.05) is 96.8 Å². The Labute approximate surface area is 158 Å². The SMILES string of the molecule is O=C1C(=CC=Cc2ccccc2)SC(=S)N1CCCc1ccccc1. The molecule has 0 aromatic heterocycles. The van der Waals surface area contributed by atoms with Crippen LogP contribution in [0.4, 0.5) is 0 Å². The third kappa shape index (κ3) is 4.91. The van der Waals surface area contributed by atoms with Crippen LogP contribution in [0.3, 0.4) is 0 Å². The zero-order valence-electron chi connectivity index (χ0n) is 13.8. The minimum Gasteiger partial charge on any atom is -0.293 e. The Balaban J connectivity index is 1.56. The van der Waals surface area contributed by atoms with Crippen LogP contribution < -0.4 is 0 Å². The number of rotatable bonds is 6. The topological polar surface area (TPSA) is 20.3 Å². The number of hydrogen-bond donors (Lipinski definition) is 0. The summed E-state index contributed by atoms with van der Waals surface area (Å²) >= 11 is 6.75. The lowest BCUT2D eigenvalue weighted by Gasteiger charge is -2.14. The highest BCUT2D eigenvalue weighted by Crippen LogP contribution is 2.31. The first-order valence-corrected chi connectivity index (χ1v) is 9.47. The highest BCUT2D eigenvalue weighted by Gasteiger charge is 2.30. The second kappa shape index (κ2) is 8.79. The van der Waals surface area contributed by atoms with Gasteiger partial charge in [0.15, 0.2) is 0 Å². The number of carbonyl (C=O) groups excluding carboxylic acids is 1. The third-order valence-corrected chi connectivity index (χ3v) is 5.30. The molecular formula is C21H19NOS2. The molecule has 2 aromatic rings. The lowest BCUT2D eigenvalue weighted by molar-refractivity contribution is -0.122. The van der Waals surface area contributed by atoms with Crippen LogP contribution in [0.25, 0.3) is 6.08 Å². The fraction of sp³-hybridized carbons (Fsp3) is 0.143. The van der Waals surface area contributed by atoms with Crippen molar-refractivity contribution in [3.63, 3.8) is 0 Å². The first-order chi connectivity index (χ1) is 12.2. The molecule has 1 amide bonds. The minimum atomic E-state index is 0.0146. The van der Waals surface area contributed by atoms with Crippen LogP contribution in [0, 0.1) is 0 Å². The molecule has 3 rings (SSSR count). The average molecular weight is 366 g/mol. The number of nitrogens with zero attached hydrogens (tertiary/aromatic N) is 1. The summed E-state index contributed by atoms with van der Waals surface area (Å²) in [6.45, 7) is 0.666. The molecule has 0 aliphatic carbocycles. The van der Waals surface area contributed by atoms with E-state index >= 15 is 0 Å². The molecule has 1 saturated heterocycles. The van der Waals surface area contributed by atoms with Crippen molar-refractivity contribution in [3.05, 3.63) is 88.8 Å². The fourth-order valence-corrected chi connectivity index (χ4v) is 3.86. The summed E-state index contributed by atoms with van der Waals surface area (Å²) in [4.78, 5) is 14.9. The molecule has 1 fully saturated rings. The van der Waals surface area contributed by atoms with Gasteiger partial charge < -0.3 is 0 Å². The van der Waals surface area contributed by atoms with Gasteiger partial charge in [0.25, 0.3) is 5.91 Å². The Hall–Kier alpha value is -2.17. The standard InChI is InChI=1S/C21H19NOS2/c23-20-19(15-7-13-17-9-3-1-4-10-17)25-21(24)22(20)16-8-14-18-11-5-2-6-12-18/h1-7,9-13,15H,8,14,16H2.